The predicted molar refractivity (Wildman–Crippen MR) is 150 cm³/mol. The molecule has 1 aliphatic carbocycles. The Kier molecular flexibility index (Phi) is 8.30. The number of aryl methyl sites for hydroxylation is 1. The normalized spacial score (nSPS) is 15.7. The minimum absolute atomic E-state index is 0.0152. The van der Waals surface area contributed by atoms with Crippen LogP contribution in [0.15, 0.2) is 65.4 Å². The summed E-state index contributed by atoms with van der Waals surface area (Å²) in [6.07, 6.45) is 0.758. The van der Waals surface area contributed by atoms with Crippen LogP contribution >= 0.6 is 0 Å². The highest BCUT2D eigenvalue weighted by molar-refractivity contribution is 5.95. The first kappa shape index (κ1) is 29.9. The number of nitrogens with one attached hydrogen (secondary N) is 1. The van der Waals surface area contributed by atoms with Gasteiger partial charge in [0.05, 0.1) is 16.8 Å². The number of carbonyl (C=O) groups excluding carboxylic acids is 2. The second kappa shape index (κ2) is 11.9. The van der Waals surface area contributed by atoms with Crippen LogP contribution in [0.1, 0.15) is 59.3 Å². The number of benzene rings is 1. The van der Waals surface area contributed by atoms with Crippen molar-refractivity contribution in [3.05, 3.63) is 83.4 Å². The molecule has 1 aliphatic rings. The topological polar surface area (TPSA) is 111 Å². The Morgan fingerprint density at radius 2 is 1.81 bits per heavy atom. The summed E-state index contributed by atoms with van der Waals surface area (Å²) in [5.74, 6) is -2.90. The number of pyridine rings is 2. The van der Waals surface area contributed by atoms with Gasteiger partial charge in [-0.2, -0.15) is 13.2 Å². The number of allylic oxidation sites excluding steroid dienone is 1. The van der Waals surface area contributed by atoms with Crippen molar-refractivity contribution in [2.24, 2.45) is 0 Å². The largest absolute Gasteiger partial charge is 0.460 e. The monoisotopic (exact) mass is 598 g/mol. The molecule has 0 spiro atoms. The summed E-state index contributed by atoms with van der Waals surface area (Å²) < 4.78 is 74.3. The molecule has 1 saturated carbocycles. The van der Waals surface area contributed by atoms with E-state index in [0.717, 1.165) is 6.07 Å². The number of alkyl halides is 5. The van der Waals surface area contributed by atoms with E-state index in [-0.39, 0.29) is 83.9 Å². The van der Waals surface area contributed by atoms with E-state index in [1.807, 2.05) is 0 Å². The SMILES string of the molecule is Nc1ccc(/C=C/C(=O)CCc2cc3cc(-c4ccc(C(=O)NC5CCC(F)(F)CC5)cn4)cc(C(F)(F)F)c3o2)cn1. The number of nitrogen functional groups attached to an aromatic ring is 1. The van der Waals surface area contributed by atoms with E-state index in [4.69, 9.17) is 10.2 Å². The van der Waals surface area contributed by atoms with Crippen LogP contribution < -0.4 is 11.1 Å². The molecule has 5 rings (SSSR count). The molecule has 0 unspecified atom stereocenters. The number of amides is 1. The van der Waals surface area contributed by atoms with E-state index in [1.165, 1.54) is 42.7 Å². The number of aromatic nitrogens is 2. The average molecular weight is 599 g/mol. The molecule has 0 radical (unpaired) electrons. The summed E-state index contributed by atoms with van der Waals surface area (Å²) in [6, 6.07) is 9.64. The summed E-state index contributed by atoms with van der Waals surface area (Å²) in [5, 5.41) is 2.91. The number of hydrogen-bond acceptors (Lipinski definition) is 6. The summed E-state index contributed by atoms with van der Waals surface area (Å²) in [4.78, 5) is 33.0. The van der Waals surface area contributed by atoms with Crippen LogP contribution in [-0.4, -0.2) is 33.6 Å². The summed E-state index contributed by atoms with van der Waals surface area (Å²) in [7, 11) is 0. The maximum atomic E-state index is 14.0. The van der Waals surface area contributed by atoms with Crippen molar-refractivity contribution < 1.29 is 36.0 Å². The maximum absolute atomic E-state index is 14.0. The number of ketones is 1. The van der Waals surface area contributed by atoms with Crippen LogP contribution in [0.2, 0.25) is 0 Å². The van der Waals surface area contributed by atoms with Gasteiger partial charge in [0.25, 0.3) is 5.91 Å². The zero-order chi connectivity index (χ0) is 30.8. The fourth-order valence-corrected chi connectivity index (χ4v) is 4.87. The smallest absolute Gasteiger partial charge is 0.420 e. The van der Waals surface area contributed by atoms with Gasteiger partial charge >= 0.3 is 6.18 Å². The van der Waals surface area contributed by atoms with Crippen molar-refractivity contribution in [1.29, 1.82) is 0 Å². The molecule has 0 aliphatic heterocycles. The highest BCUT2D eigenvalue weighted by Crippen LogP contribution is 2.39. The lowest BCUT2D eigenvalue weighted by atomic mass is 9.92. The first-order chi connectivity index (χ1) is 20.4. The quantitative estimate of drug-likeness (QED) is 0.167. The lowest BCUT2D eigenvalue weighted by Gasteiger charge is -2.28. The van der Waals surface area contributed by atoms with Crippen molar-refractivity contribution in [2.45, 2.75) is 56.7 Å². The third kappa shape index (κ3) is 7.43. The van der Waals surface area contributed by atoms with Gasteiger partial charge in [-0.1, -0.05) is 0 Å². The Morgan fingerprint density at radius 1 is 1.05 bits per heavy atom. The van der Waals surface area contributed by atoms with Gasteiger partial charge in [0, 0.05) is 55.1 Å². The fourth-order valence-electron chi connectivity index (χ4n) is 4.87. The number of nitrogens with two attached hydrogens (primary N) is 1. The lowest BCUT2D eigenvalue weighted by Crippen LogP contribution is -2.40. The van der Waals surface area contributed by atoms with Gasteiger partial charge in [-0.05, 0) is 73.0 Å². The predicted octanol–water partition coefficient (Wildman–Crippen LogP) is 7.01. The first-order valence-corrected chi connectivity index (χ1v) is 13.6. The van der Waals surface area contributed by atoms with Gasteiger partial charge in [-0.3, -0.25) is 14.6 Å². The van der Waals surface area contributed by atoms with E-state index >= 15 is 0 Å². The van der Waals surface area contributed by atoms with Crippen LogP contribution in [0.5, 0.6) is 0 Å². The number of halogens is 5. The minimum Gasteiger partial charge on any atom is -0.460 e. The Hall–Kier alpha value is -4.61. The molecule has 1 fully saturated rings. The highest BCUT2D eigenvalue weighted by Gasteiger charge is 2.36. The van der Waals surface area contributed by atoms with Crippen LogP contribution in [-0.2, 0) is 17.4 Å². The van der Waals surface area contributed by atoms with Gasteiger partial charge in [-0.25, -0.2) is 13.8 Å². The summed E-state index contributed by atoms with van der Waals surface area (Å²) in [6.45, 7) is 0. The molecule has 0 bridgehead atoms. The average Bonchev–Trinajstić information content (AvgIpc) is 3.39. The third-order valence-electron chi connectivity index (χ3n) is 7.24. The van der Waals surface area contributed by atoms with Crippen molar-refractivity contribution in [3.8, 4) is 11.3 Å². The van der Waals surface area contributed by atoms with E-state index < -0.39 is 23.6 Å². The second-order valence-corrected chi connectivity index (χ2v) is 10.5. The highest BCUT2D eigenvalue weighted by atomic mass is 19.4. The van der Waals surface area contributed by atoms with Gasteiger partial charge < -0.3 is 15.5 Å². The fraction of sp³-hybridized carbons (Fsp3) is 0.290. The van der Waals surface area contributed by atoms with Crippen molar-refractivity contribution in [1.82, 2.24) is 15.3 Å². The molecular formula is C31H27F5N4O3. The zero-order valence-corrected chi connectivity index (χ0v) is 22.8. The number of furan rings is 1. The number of hydrogen-bond donors (Lipinski definition) is 2. The Balaban J connectivity index is 1.30. The van der Waals surface area contributed by atoms with Crippen molar-refractivity contribution >= 4 is 34.6 Å². The molecule has 4 aromatic rings. The van der Waals surface area contributed by atoms with E-state index in [0.29, 0.717) is 11.4 Å². The molecule has 1 aromatic carbocycles. The van der Waals surface area contributed by atoms with E-state index in [2.05, 4.69) is 15.3 Å². The van der Waals surface area contributed by atoms with Crippen molar-refractivity contribution in [2.75, 3.05) is 5.73 Å². The Labute approximate surface area is 243 Å². The molecule has 224 valence electrons. The number of fused-ring (bicyclic) bond motifs is 1. The molecule has 3 aromatic heterocycles. The minimum atomic E-state index is -4.73. The molecule has 0 saturated heterocycles. The van der Waals surface area contributed by atoms with E-state index in [1.54, 1.807) is 18.2 Å². The van der Waals surface area contributed by atoms with Gasteiger partial charge in [-0.15, -0.1) is 0 Å². The zero-order valence-electron chi connectivity index (χ0n) is 22.8. The second-order valence-electron chi connectivity index (χ2n) is 10.5. The standard InChI is InChI=1S/C31H27F5N4O3/c32-30(33)11-9-22(10-12-30)40-29(42)19-3-7-26(38-17-19)20-13-21-14-24(43-28(21)25(15-20)31(34,35)36)6-5-23(41)4-1-18-2-8-27(37)39-16-18/h1-4,7-8,13-17,22H,5-6,9-12H2,(H2,37,39)(H,40,42)/b4-1+. The van der Waals surface area contributed by atoms with Crippen LogP contribution in [0, 0.1) is 0 Å². The number of carbonyl (C=O) groups is 2. The first-order valence-electron chi connectivity index (χ1n) is 13.6. The third-order valence-corrected chi connectivity index (χ3v) is 7.24. The maximum Gasteiger partial charge on any atom is 0.420 e. The number of rotatable bonds is 8. The van der Waals surface area contributed by atoms with Crippen LogP contribution in [0.25, 0.3) is 28.3 Å². The number of anilines is 1. The Bertz CT molecular complexity index is 1650. The van der Waals surface area contributed by atoms with Crippen molar-refractivity contribution in [3.63, 3.8) is 0 Å². The molecule has 7 nitrogen and oxygen atoms in total. The van der Waals surface area contributed by atoms with Crippen LogP contribution in [0.3, 0.4) is 0 Å². The molecule has 3 N–H and O–H groups in total. The van der Waals surface area contributed by atoms with E-state index in [9.17, 15) is 31.5 Å². The van der Waals surface area contributed by atoms with Gasteiger partial charge in [0.1, 0.15) is 17.2 Å². The van der Waals surface area contributed by atoms with Gasteiger partial charge in [0.2, 0.25) is 5.92 Å². The summed E-state index contributed by atoms with van der Waals surface area (Å²) in [5.41, 5.74) is 5.38. The molecule has 3 heterocycles. The van der Waals surface area contributed by atoms with Gasteiger partial charge in [0.15, 0.2) is 5.78 Å². The molecular weight excluding hydrogens is 571 g/mol. The Morgan fingerprint density at radius 3 is 2.47 bits per heavy atom. The van der Waals surface area contributed by atoms with Crippen LogP contribution in [0.4, 0.5) is 27.8 Å². The molecule has 12 heteroatoms. The lowest BCUT2D eigenvalue weighted by molar-refractivity contribution is -0.136. The molecule has 1 amide bonds. The summed E-state index contributed by atoms with van der Waals surface area (Å²) >= 11 is 0. The molecule has 0 atom stereocenters. The molecule has 43 heavy (non-hydrogen) atoms. The number of nitrogens with zero attached hydrogens (tertiary/aromatic N) is 2.